The van der Waals surface area contributed by atoms with Crippen molar-refractivity contribution in [1.29, 1.82) is 0 Å². The van der Waals surface area contributed by atoms with Gasteiger partial charge in [-0.05, 0) is 54.1 Å². The van der Waals surface area contributed by atoms with Crippen LogP contribution in [0.2, 0.25) is 0 Å². The molecule has 1 aliphatic rings. The lowest BCUT2D eigenvalue weighted by atomic mass is 10.0. The van der Waals surface area contributed by atoms with E-state index in [4.69, 9.17) is 20.2 Å². The summed E-state index contributed by atoms with van der Waals surface area (Å²) >= 11 is 0. The number of anilines is 1. The standard InChI is InChI=1S/C27H27N5O3/c1-34-20-8-10-25(35-2)21(13-20)23-9-3-17(14-29-23)15-32-12-11-24-22(16-32)27(33)31-26(30-24)18-4-6-19(28)7-5-18/h3-10,13-14H,11-12,15-16,28H2,1-2H3,(H,30,31,33). The van der Waals surface area contributed by atoms with Crippen molar-refractivity contribution in [3.8, 4) is 34.1 Å². The fourth-order valence-corrected chi connectivity index (χ4v) is 4.34. The molecule has 4 aromatic rings. The highest BCUT2D eigenvalue weighted by molar-refractivity contribution is 5.69. The van der Waals surface area contributed by atoms with Gasteiger partial charge in [0.1, 0.15) is 17.3 Å². The summed E-state index contributed by atoms with van der Waals surface area (Å²) in [7, 11) is 3.28. The van der Waals surface area contributed by atoms with Crippen LogP contribution in [0.25, 0.3) is 22.6 Å². The number of methoxy groups -OCH3 is 2. The number of nitrogens with two attached hydrogens (primary N) is 1. The Balaban J connectivity index is 1.32. The number of nitrogen functional groups attached to an aromatic ring is 1. The first kappa shape index (κ1) is 22.6. The van der Waals surface area contributed by atoms with Crippen molar-refractivity contribution in [2.75, 3.05) is 26.5 Å². The molecular weight excluding hydrogens is 442 g/mol. The summed E-state index contributed by atoms with van der Waals surface area (Å²) in [6.45, 7) is 2.06. The maximum atomic E-state index is 12.9. The number of pyridine rings is 1. The summed E-state index contributed by atoms with van der Waals surface area (Å²) in [5.41, 5.74) is 11.5. The maximum absolute atomic E-state index is 12.9. The van der Waals surface area contributed by atoms with E-state index in [1.807, 2.05) is 42.6 Å². The lowest BCUT2D eigenvalue weighted by Gasteiger charge is -2.27. The topological polar surface area (TPSA) is 106 Å². The molecule has 0 unspecified atom stereocenters. The van der Waals surface area contributed by atoms with Gasteiger partial charge in [-0.3, -0.25) is 14.7 Å². The number of hydrogen-bond acceptors (Lipinski definition) is 7. The summed E-state index contributed by atoms with van der Waals surface area (Å²) in [5, 5.41) is 0. The Labute approximate surface area is 203 Å². The largest absolute Gasteiger partial charge is 0.497 e. The van der Waals surface area contributed by atoms with Gasteiger partial charge in [-0.2, -0.15) is 0 Å². The van der Waals surface area contributed by atoms with E-state index in [-0.39, 0.29) is 5.56 Å². The zero-order valence-corrected chi connectivity index (χ0v) is 19.7. The van der Waals surface area contributed by atoms with Crippen LogP contribution >= 0.6 is 0 Å². The van der Waals surface area contributed by atoms with E-state index in [9.17, 15) is 4.79 Å². The molecule has 0 spiro atoms. The smallest absolute Gasteiger partial charge is 0.255 e. The number of nitrogens with zero attached hydrogens (tertiary/aromatic N) is 3. The average molecular weight is 470 g/mol. The third-order valence-electron chi connectivity index (χ3n) is 6.25. The molecule has 35 heavy (non-hydrogen) atoms. The van der Waals surface area contributed by atoms with Gasteiger partial charge >= 0.3 is 0 Å². The number of aromatic nitrogens is 3. The Bertz CT molecular complexity index is 1400. The molecule has 0 atom stereocenters. The zero-order chi connectivity index (χ0) is 24.4. The third-order valence-corrected chi connectivity index (χ3v) is 6.25. The molecule has 0 saturated heterocycles. The van der Waals surface area contributed by atoms with Crippen LogP contribution in [0.5, 0.6) is 11.5 Å². The summed E-state index contributed by atoms with van der Waals surface area (Å²) in [5.74, 6) is 2.07. The minimum absolute atomic E-state index is 0.0925. The van der Waals surface area contributed by atoms with Crippen molar-refractivity contribution in [3.63, 3.8) is 0 Å². The van der Waals surface area contributed by atoms with Crippen LogP contribution in [0.3, 0.4) is 0 Å². The first-order valence-electron chi connectivity index (χ1n) is 11.4. The van der Waals surface area contributed by atoms with Crippen molar-refractivity contribution >= 4 is 5.69 Å². The van der Waals surface area contributed by atoms with Crippen molar-refractivity contribution < 1.29 is 9.47 Å². The van der Waals surface area contributed by atoms with Crippen LogP contribution in [0.1, 0.15) is 16.8 Å². The van der Waals surface area contributed by atoms with Crippen LogP contribution in [-0.2, 0) is 19.5 Å². The monoisotopic (exact) mass is 469 g/mol. The molecule has 1 aliphatic heterocycles. The molecule has 8 heteroatoms. The van der Waals surface area contributed by atoms with E-state index in [0.717, 1.165) is 51.7 Å². The molecule has 0 radical (unpaired) electrons. The van der Waals surface area contributed by atoms with Gasteiger partial charge in [0.05, 0.1) is 31.2 Å². The highest BCUT2D eigenvalue weighted by Gasteiger charge is 2.22. The number of fused-ring (bicyclic) bond motifs is 1. The Kier molecular flexibility index (Phi) is 6.20. The summed E-state index contributed by atoms with van der Waals surface area (Å²) < 4.78 is 10.8. The fraction of sp³-hybridized carbons (Fsp3) is 0.222. The van der Waals surface area contributed by atoms with Gasteiger partial charge in [-0.25, -0.2) is 4.98 Å². The van der Waals surface area contributed by atoms with E-state index in [2.05, 4.69) is 20.9 Å². The van der Waals surface area contributed by atoms with Gasteiger partial charge in [0.2, 0.25) is 0 Å². The summed E-state index contributed by atoms with van der Waals surface area (Å²) in [4.78, 5) is 27.4. The van der Waals surface area contributed by atoms with E-state index in [1.165, 1.54) is 0 Å². The lowest BCUT2D eigenvalue weighted by Crippen LogP contribution is -2.35. The Morgan fingerprint density at radius 1 is 1.06 bits per heavy atom. The minimum atomic E-state index is -0.0925. The second kappa shape index (κ2) is 9.60. The zero-order valence-electron chi connectivity index (χ0n) is 19.7. The normalized spacial score (nSPS) is 13.3. The second-order valence-corrected chi connectivity index (χ2v) is 8.54. The maximum Gasteiger partial charge on any atom is 0.255 e. The molecule has 3 N–H and O–H groups in total. The number of hydrogen-bond donors (Lipinski definition) is 2. The van der Waals surface area contributed by atoms with E-state index in [0.29, 0.717) is 31.0 Å². The van der Waals surface area contributed by atoms with E-state index < -0.39 is 0 Å². The molecule has 178 valence electrons. The molecule has 0 fully saturated rings. The van der Waals surface area contributed by atoms with Gasteiger partial charge < -0.3 is 20.2 Å². The number of rotatable bonds is 6. The highest BCUT2D eigenvalue weighted by Crippen LogP contribution is 2.32. The van der Waals surface area contributed by atoms with Gasteiger partial charge in [0.25, 0.3) is 5.56 Å². The summed E-state index contributed by atoms with van der Waals surface area (Å²) in [6.07, 6.45) is 2.59. The number of H-pyrrole nitrogens is 1. The van der Waals surface area contributed by atoms with Crippen LogP contribution in [-0.4, -0.2) is 40.6 Å². The molecule has 5 rings (SSSR count). The first-order valence-corrected chi connectivity index (χ1v) is 11.4. The predicted molar refractivity (Wildman–Crippen MR) is 135 cm³/mol. The Morgan fingerprint density at radius 2 is 1.89 bits per heavy atom. The predicted octanol–water partition coefficient (Wildman–Crippen LogP) is 3.66. The van der Waals surface area contributed by atoms with Crippen LogP contribution in [0.15, 0.2) is 65.6 Å². The molecule has 2 aromatic carbocycles. The van der Waals surface area contributed by atoms with Gasteiger partial charge in [0, 0.05) is 49.1 Å². The molecule has 0 amide bonds. The highest BCUT2D eigenvalue weighted by atomic mass is 16.5. The molecule has 0 saturated carbocycles. The van der Waals surface area contributed by atoms with Crippen molar-refractivity contribution in [2.24, 2.45) is 0 Å². The first-order chi connectivity index (χ1) is 17.0. The second-order valence-electron chi connectivity index (χ2n) is 8.54. The SMILES string of the molecule is COc1ccc(OC)c(-c2ccc(CN3CCc4nc(-c5ccc(N)cc5)[nH]c(=O)c4C3)cn2)c1. The van der Waals surface area contributed by atoms with E-state index >= 15 is 0 Å². The average Bonchev–Trinajstić information content (AvgIpc) is 2.89. The third kappa shape index (κ3) is 4.74. The van der Waals surface area contributed by atoms with Crippen molar-refractivity contribution in [1.82, 2.24) is 19.9 Å². The number of ether oxygens (including phenoxy) is 2. The van der Waals surface area contributed by atoms with Gasteiger partial charge in [-0.1, -0.05) is 6.07 Å². The Hall–Kier alpha value is -4.17. The number of nitrogens with one attached hydrogen (secondary N) is 1. The molecule has 8 nitrogen and oxygen atoms in total. The number of aromatic amines is 1. The molecule has 2 aromatic heterocycles. The molecule has 0 aliphatic carbocycles. The van der Waals surface area contributed by atoms with Crippen molar-refractivity contribution in [3.05, 3.63) is 88.0 Å². The van der Waals surface area contributed by atoms with Crippen molar-refractivity contribution in [2.45, 2.75) is 19.5 Å². The van der Waals surface area contributed by atoms with Crippen LogP contribution in [0, 0.1) is 0 Å². The Morgan fingerprint density at radius 3 is 2.60 bits per heavy atom. The fourth-order valence-electron chi connectivity index (χ4n) is 4.34. The molecule has 0 bridgehead atoms. The molecule has 3 heterocycles. The number of benzene rings is 2. The minimum Gasteiger partial charge on any atom is -0.497 e. The van der Waals surface area contributed by atoms with Crippen LogP contribution < -0.4 is 20.8 Å². The van der Waals surface area contributed by atoms with E-state index in [1.54, 1.807) is 26.4 Å². The quantitative estimate of drug-likeness (QED) is 0.415. The summed E-state index contributed by atoms with van der Waals surface area (Å²) in [6, 6.07) is 17.0. The van der Waals surface area contributed by atoms with Crippen LogP contribution in [0.4, 0.5) is 5.69 Å². The van der Waals surface area contributed by atoms with Gasteiger partial charge in [-0.15, -0.1) is 0 Å². The molecular formula is C27H27N5O3. The lowest BCUT2D eigenvalue weighted by molar-refractivity contribution is 0.241. The van der Waals surface area contributed by atoms with Gasteiger partial charge in [0.15, 0.2) is 0 Å².